The van der Waals surface area contributed by atoms with Crippen LogP contribution in [0.5, 0.6) is 0 Å². The third-order valence-electron chi connectivity index (χ3n) is 5.08. The van der Waals surface area contributed by atoms with Crippen molar-refractivity contribution in [1.29, 1.82) is 5.26 Å². The van der Waals surface area contributed by atoms with Crippen molar-refractivity contribution < 1.29 is 4.39 Å². The Morgan fingerprint density at radius 3 is 2.76 bits per heavy atom. The first-order valence-corrected chi connectivity index (χ1v) is 10.4. The second-order valence-corrected chi connectivity index (χ2v) is 7.21. The van der Waals surface area contributed by atoms with Gasteiger partial charge >= 0.3 is 0 Å². The van der Waals surface area contributed by atoms with Crippen molar-refractivity contribution >= 4 is 17.4 Å². The minimum absolute atomic E-state index is 0.241. The van der Waals surface area contributed by atoms with Crippen LogP contribution in [0.2, 0.25) is 0 Å². The highest BCUT2D eigenvalue weighted by molar-refractivity contribution is 5.79. The monoisotopic (exact) mass is 446 g/mol. The number of nitrogens with zero attached hydrogens (tertiary/aromatic N) is 7. The van der Waals surface area contributed by atoms with Gasteiger partial charge in [-0.1, -0.05) is 6.07 Å². The quantitative estimate of drug-likeness (QED) is 0.224. The largest absolute Gasteiger partial charge is 0.382 e. The highest BCUT2D eigenvalue weighted by atomic mass is 19.1. The molecule has 0 aliphatic carbocycles. The predicted molar refractivity (Wildman–Crippen MR) is 122 cm³/mol. The van der Waals surface area contributed by atoms with E-state index in [2.05, 4.69) is 37.0 Å². The molecule has 0 radical (unpaired) electrons. The van der Waals surface area contributed by atoms with Crippen molar-refractivity contribution in [1.82, 2.24) is 35.0 Å². The Labute approximate surface area is 189 Å². The zero-order valence-corrected chi connectivity index (χ0v) is 18.0. The number of nitrogens with one attached hydrogen (secondary N) is 2. The van der Waals surface area contributed by atoms with Crippen molar-refractivity contribution in [3.05, 3.63) is 71.6 Å². The zero-order valence-electron chi connectivity index (χ0n) is 18.0. The second kappa shape index (κ2) is 9.78. The lowest BCUT2D eigenvalue weighted by Crippen LogP contribution is -2.37. The molecule has 0 spiro atoms. The Bertz CT molecular complexity index is 1310. The lowest BCUT2D eigenvalue weighted by atomic mass is 10.1. The number of benzene rings is 1. The van der Waals surface area contributed by atoms with Crippen LogP contribution in [-0.4, -0.2) is 43.9 Å². The first-order chi connectivity index (χ1) is 16.1. The number of hydrogen-bond donors (Lipinski definition) is 3. The maximum atomic E-state index is 13.2. The average Bonchev–Trinajstić information content (AvgIpc) is 3.39. The maximum absolute atomic E-state index is 13.2. The molecule has 4 rings (SSSR count). The summed E-state index contributed by atoms with van der Waals surface area (Å²) in [4.78, 5) is 4.23. The van der Waals surface area contributed by atoms with Crippen LogP contribution in [0, 0.1) is 17.1 Å². The smallest absolute Gasteiger partial charge is 0.191 e. The first kappa shape index (κ1) is 21.8. The fraction of sp³-hybridized carbons (Fsp3) is 0.227. The molecule has 0 aliphatic rings. The third kappa shape index (κ3) is 4.74. The van der Waals surface area contributed by atoms with Crippen molar-refractivity contribution in [2.45, 2.75) is 19.4 Å². The minimum Gasteiger partial charge on any atom is -0.382 e. The van der Waals surface area contributed by atoms with Gasteiger partial charge in [-0.05, 0) is 49.2 Å². The fourth-order valence-electron chi connectivity index (χ4n) is 3.41. The van der Waals surface area contributed by atoms with Crippen LogP contribution in [0.15, 0.2) is 53.7 Å². The number of anilines is 1. The van der Waals surface area contributed by atoms with Crippen molar-refractivity contribution in [2.75, 3.05) is 19.3 Å². The maximum Gasteiger partial charge on any atom is 0.191 e. The van der Waals surface area contributed by atoms with E-state index in [9.17, 15) is 9.65 Å². The molecule has 4 aromatic rings. The van der Waals surface area contributed by atoms with E-state index < -0.39 is 0 Å². The molecule has 11 heteroatoms. The van der Waals surface area contributed by atoms with Gasteiger partial charge in [-0.2, -0.15) is 10.4 Å². The molecule has 0 aliphatic heterocycles. The molecule has 0 atom stereocenters. The van der Waals surface area contributed by atoms with Gasteiger partial charge in [0.1, 0.15) is 23.3 Å². The molecule has 0 saturated heterocycles. The van der Waals surface area contributed by atoms with E-state index in [1.165, 1.54) is 16.8 Å². The molecule has 168 valence electrons. The normalized spacial score (nSPS) is 11.5. The van der Waals surface area contributed by atoms with E-state index in [0.717, 1.165) is 11.5 Å². The number of aliphatic imine (C=N–C) groups is 1. The van der Waals surface area contributed by atoms with E-state index in [0.29, 0.717) is 48.8 Å². The highest BCUT2D eigenvalue weighted by Gasteiger charge is 2.16. The first-order valence-electron chi connectivity index (χ1n) is 10.4. The summed E-state index contributed by atoms with van der Waals surface area (Å²) in [5, 5.41) is 28.8. The van der Waals surface area contributed by atoms with Gasteiger partial charge < -0.3 is 16.4 Å². The number of fused-ring (bicyclic) bond motifs is 1. The SMILES string of the molecule is CN=C(NCCCc1nn(-c2ccc(F)cc2)c(N)c1C#N)NCc1nnc2ccccn12. The van der Waals surface area contributed by atoms with Gasteiger partial charge in [-0.3, -0.25) is 9.39 Å². The average molecular weight is 446 g/mol. The number of nitrogens with two attached hydrogens (primary N) is 1. The van der Waals surface area contributed by atoms with Crippen LogP contribution in [0.4, 0.5) is 10.2 Å². The van der Waals surface area contributed by atoms with Crippen LogP contribution in [0.25, 0.3) is 11.3 Å². The van der Waals surface area contributed by atoms with E-state index in [1.807, 2.05) is 28.8 Å². The molecule has 0 fully saturated rings. The highest BCUT2D eigenvalue weighted by Crippen LogP contribution is 2.21. The van der Waals surface area contributed by atoms with Gasteiger partial charge in [0.15, 0.2) is 17.4 Å². The standard InChI is InChI=1S/C22H23FN10/c1-26-22(28-14-20-30-29-19-6-2-3-12-32(19)20)27-11-4-5-18-17(13-24)21(25)33(31-18)16-9-7-15(23)8-10-16/h2-3,6-10,12H,4-5,11,14,25H2,1H3,(H2,26,27,28). The van der Waals surface area contributed by atoms with E-state index in [1.54, 1.807) is 19.2 Å². The van der Waals surface area contributed by atoms with Gasteiger partial charge in [-0.15, -0.1) is 10.2 Å². The molecule has 3 heterocycles. The molecule has 0 unspecified atom stereocenters. The lowest BCUT2D eigenvalue weighted by Gasteiger charge is -2.11. The Morgan fingerprint density at radius 2 is 2.00 bits per heavy atom. The number of aromatic nitrogens is 5. The molecule has 0 bridgehead atoms. The fourth-order valence-corrected chi connectivity index (χ4v) is 3.41. The van der Waals surface area contributed by atoms with Gasteiger partial charge in [-0.25, -0.2) is 9.07 Å². The molecule has 3 aromatic heterocycles. The number of nitrogen functional groups attached to an aromatic ring is 1. The Hall–Kier alpha value is -4.46. The molecule has 10 nitrogen and oxygen atoms in total. The zero-order chi connectivity index (χ0) is 23.2. The van der Waals surface area contributed by atoms with Crippen LogP contribution >= 0.6 is 0 Å². The van der Waals surface area contributed by atoms with Crippen LogP contribution in [0.1, 0.15) is 23.5 Å². The minimum atomic E-state index is -0.351. The second-order valence-electron chi connectivity index (χ2n) is 7.21. The summed E-state index contributed by atoms with van der Waals surface area (Å²) in [6, 6.07) is 13.6. The van der Waals surface area contributed by atoms with Gasteiger partial charge in [0.2, 0.25) is 0 Å². The molecule has 0 amide bonds. The molecular weight excluding hydrogens is 423 g/mol. The Morgan fingerprint density at radius 1 is 1.18 bits per heavy atom. The number of rotatable bonds is 7. The molecular formula is C22H23FN10. The van der Waals surface area contributed by atoms with E-state index in [4.69, 9.17) is 5.73 Å². The third-order valence-corrected chi connectivity index (χ3v) is 5.08. The number of hydrogen-bond acceptors (Lipinski definition) is 6. The van der Waals surface area contributed by atoms with Crippen LogP contribution < -0.4 is 16.4 Å². The van der Waals surface area contributed by atoms with Crippen LogP contribution in [-0.2, 0) is 13.0 Å². The van der Waals surface area contributed by atoms with Gasteiger partial charge in [0.05, 0.1) is 17.9 Å². The predicted octanol–water partition coefficient (Wildman–Crippen LogP) is 1.81. The van der Waals surface area contributed by atoms with Gasteiger partial charge in [0, 0.05) is 19.8 Å². The summed E-state index contributed by atoms with van der Waals surface area (Å²) in [6.45, 7) is 1.07. The summed E-state index contributed by atoms with van der Waals surface area (Å²) in [6.07, 6.45) is 3.15. The van der Waals surface area contributed by atoms with Crippen LogP contribution in [0.3, 0.4) is 0 Å². The molecule has 1 aromatic carbocycles. The summed E-state index contributed by atoms with van der Waals surface area (Å²) < 4.78 is 16.6. The molecule has 33 heavy (non-hydrogen) atoms. The number of aryl methyl sites for hydroxylation is 1. The summed E-state index contributed by atoms with van der Waals surface area (Å²) in [5.41, 5.74) is 8.42. The summed E-state index contributed by atoms with van der Waals surface area (Å²) in [5.74, 6) is 1.29. The van der Waals surface area contributed by atoms with Crippen molar-refractivity contribution in [3.8, 4) is 11.8 Å². The van der Waals surface area contributed by atoms with Crippen molar-refractivity contribution in [2.24, 2.45) is 4.99 Å². The Balaban J connectivity index is 1.33. The van der Waals surface area contributed by atoms with Gasteiger partial charge in [0.25, 0.3) is 0 Å². The van der Waals surface area contributed by atoms with Crippen molar-refractivity contribution in [3.63, 3.8) is 0 Å². The molecule has 4 N–H and O–H groups in total. The summed E-state index contributed by atoms with van der Waals surface area (Å²) >= 11 is 0. The topological polar surface area (TPSA) is 134 Å². The number of nitriles is 1. The lowest BCUT2D eigenvalue weighted by molar-refractivity contribution is 0.627. The Kier molecular flexibility index (Phi) is 6.45. The number of guanidine groups is 1. The number of pyridine rings is 1. The van der Waals surface area contributed by atoms with E-state index in [-0.39, 0.29) is 11.6 Å². The summed E-state index contributed by atoms with van der Waals surface area (Å²) in [7, 11) is 1.69. The molecule has 0 saturated carbocycles. The number of halogens is 1. The van der Waals surface area contributed by atoms with E-state index >= 15 is 0 Å².